The molecule has 192 valence electrons. The summed E-state index contributed by atoms with van der Waals surface area (Å²) in [7, 11) is 0. The Labute approximate surface area is 214 Å². The molecule has 1 fully saturated rings. The molecule has 0 bridgehead atoms. The number of piperidine rings is 1. The van der Waals surface area contributed by atoms with Crippen molar-refractivity contribution < 1.29 is 22.9 Å². The van der Waals surface area contributed by atoms with Crippen LogP contribution >= 0.6 is 22.9 Å². The van der Waals surface area contributed by atoms with Crippen LogP contribution < -0.4 is 10.9 Å². The van der Waals surface area contributed by atoms with E-state index in [0.717, 1.165) is 27.5 Å². The molecule has 1 aromatic carbocycles. The Kier molecular flexibility index (Phi) is 8.47. The first kappa shape index (κ1) is 26.0. The highest BCUT2D eigenvalue weighted by molar-refractivity contribution is 7.10. The molecule has 0 spiro atoms. The number of likely N-dealkylation sites (tertiary alicyclic amines) is 1. The summed E-state index contributed by atoms with van der Waals surface area (Å²) in [5, 5.41) is 17.2. The number of amidine groups is 1. The molecule has 1 aromatic heterocycles. The molecule has 36 heavy (non-hydrogen) atoms. The first-order valence-corrected chi connectivity index (χ1v) is 12.5. The Hall–Kier alpha value is -3.12. The molecule has 13 heteroatoms. The quantitative estimate of drug-likeness (QED) is 0.259. The predicted octanol–water partition coefficient (Wildman–Crippen LogP) is 4.56. The van der Waals surface area contributed by atoms with Gasteiger partial charge in [0.25, 0.3) is 6.43 Å². The molecule has 4 rings (SSSR count). The van der Waals surface area contributed by atoms with Crippen LogP contribution in [0.5, 0.6) is 0 Å². The summed E-state index contributed by atoms with van der Waals surface area (Å²) in [4.78, 5) is 24.4. The lowest BCUT2D eigenvalue weighted by molar-refractivity contribution is -0.131. The van der Waals surface area contributed by atoms with E-state index in [2.05, 4.69) is 10.5 Å². The number of hydrogen-bond donors (Lipinski definition) is 3. The standard InChI is InChI=1S/C23H24ClF3N6O2S/c24-15-4-2-1-3-14(15)19-9-16(32-35-19)18-12-36-23(30-18)13-5-7-33(8-6-13)21(34)11-29-17(22(25)26)10-20(28)31-27/h1-4,10,12-13,19,22,29H,5-9,11H2,(H2,28,31)/b17-10-. The van der Waals surface area contributed by atoms with Crippen molar-refractivity contribution >= 4 is 40.4 Å². The van der Waals surface area contributed by atoms with Gasteiger partial charge in [0.1, 0.15) is 11.5 Å². The second-order valence-corrected chi connectivity index (χ2v) is 9.64. The van der Waals surface area contributed by atoms with Gasteiger partial charge in [-0.2, -0.15) is 0 Å². The summed E-state index contributed by atoms with van der Waals surface area (Å²) in [5.74, 6) is -0.998. The monoisotopic (exact) mass is 540 g/mol. The highest BCUT2D eigenvalue weighted by Crippen LogP contribution is 2.35. The van der Waals surface area contributed by atoms with Crippen molar-refractivity contribution in [2.75, 3.05) is 19.6 Å². The number of rotatable bonds is 8. The largest absolute Gasteiger partial charge is 0.387 e. The number of allylic oxidation sites excluding steroid dienone is 1. The zero-order valence-electron chi connectivity index (χ0n) is 19.0. The molecule has 2 aliphatic heterocycles. The van der Waals surface area contributed by atoms with Crippen molar-refractivity contribution in [3.63, 3.8) is 0 Å². The number of amides is 1. The fourth-order valence-corrected chi connectivity index (χ4v) is 5.34. The minimum atomic E-state index is -2.97. The lowest BCUT2D eigenvalue weighted by Crippen LogP contribution is -2.43. The van der Waals surface area contributed by atoms with E-state index >= 15 is 0 Å². The summed E-state index contributed by atoms with van der Waals surface area (Å²) >= 11 is 7.82. The predicted molar refractivity (Wildman–Crippen MR) is 131 cm³/mol. The van der Waals surface area contributed by atoms with E-state index in [-0.39, 0.29) is 24.5 Å². The molecule has 1 unspecified atom stereocenters. The van der Waals surface area contributed by atoms with E-state index in [0.29, 0.717) is 43.5 Å². The number of aromatic nitrogens is 1. The van der Waals surface area contributed by atoms with Crippen LogP contribution in [0.1, 0.15) is 47.5 Å². The Morgan fingerprint density at radius 1 is 1.33 bits per heavy atom. The Balaban J connectivity index is 1.28. The van der Waals surface area contributed by atoms with E-state index in [1.807, 2.05) is 29.6 Å². The molecule has 0 aliphatic carbocycles. The van der Waals surface area contributed by atoms with Crippen LogP contribution in [0.25, 0.3) is 0 Å². The summed E-state index contributed by atoms with van der Waals surface area (Å²) in [6, 6.07) is 7.50. The van der Waals surface area contributed by atoms with Crippen LogP contribution in [0, 0.1) is 5.41 Å². The van der Waals surface area contributed by atoms with Gasteiger partial charge < -0.3 is 15.1 Å². The lowest BCUT2D eigenvalue weighted by Gasteiger charge is -2.31. The van der Waals surface area contributed by atoms with Gasteiger partial charge >= 0.3 is 0 Å². The minimum Gasteiger partial charge on any atom is -0.387 e. The number of benzene rings is 1. The Bertz CT molecular complexity index is 1170. The van der Waals surface area contributed by atoms with E-state index in [1.165, 1.54) is 0 Å². The molecule has 1 atom stereocenters. The van der Waals surface area contributed by atoms with Gasteiger partial charge in [-0.05, 0) is 18.9 Å². The van der Waals surface area contributed by atoms with Gasteiger partial charge in [-0.3, -0.25) is 10.2 Å². The molecule has 2 aromatic rings. The van der Waals surface area contributed by atoms with Crippen molar-refractivity contribution in [1.82, 2.24) is 20.7 Å². The second-order valence-electron chi connectivity index (χ2n) is 8.35. The SMILES string of the molecule is N=C(/C=C(\NCC(=O)N1CCC(c2nc(C3=NOC(c4ccccc4Cl)C3)cs2)CC1)C(F)F)NF. The summed E-state index contributed by atoms with van der Waals surface area (Å²) in [5.41, 5.74) is 2.69. The highest BCUT2D eigenvalue weighted by atomic mass is 35.5. The second kappa shape index (κ2) is 11.7. The number of hydrogen-bond acceptors (Lipinski definition) is 7. The van der Waals surface area contributed by atoms with Crippen LogP contribution in [0.2, 0.25) is 5.02 Å². The van der Waals surface area contributed by atoms with Crippen LogP contribution in [0.4, 0.5) is 13.3 Å². The third-order valence-corrected chi connectivity index (χ3v) is 7.37. The van der Waals surface area contributed by atoms with E-state index in [4.69, 9.17) is 26.8 Å². The minimum absolute atomic E-state index is 0.177. The smallest absolute Gasteiger partial charge is 0.278 e. The topological polar surface area (TPSA) is 103 Å². The van der Waals surface area contributed by atoms with E-state index in [1.54, 1.807) is 16.2 Å². The number of oxime groups is 1. The molecule has 8 nitrogen and oxygen atoms in total. The molecule has 0 saturated carbocycles. The number of carbonyl (C=O) groups excluding carboxylic acids is 1. The van der Waals surface area contributed by atoms with Crippen LogP contribution in [0.3, 0.4) is 0 Å². The molecular weight excluding hydrogens is 517 g/mol. The Morgan fingerprint density at radius 3 is 2.78 bits per heavy atom. The summed E-state index contributed by atoms with van der Waals surface area (Å²) in [6.07, 6.45) is -0.647. The number of thiazole rings is 1. The number of nitrogens with zero attached hydrogens (tertiary/aromatic N) is 3. The van der Waals surface area contributed by atoms with Crippen LogP contribution in [0.15, 0.2) is 46.6 Å². The molecule has 2 aliphatic rings. The van der Waals surface area contributed by atoms with Gasteiger partial charge in [-0.1, -0.05) is 35.0 Å². The molecule has 3 heterocycles. The van der Waals surface area contributed by atoms with Crippen molar-refractivity contribution in [2.24, 2.45) is 5.16 Å². The number of nitrogens with one attached hydrogen (secondary N) is 3. The fraction of sp³-hybridized carbons (Fsp3) is 0.391. The average molecular weight is 541 g/mol. The van der Waals surface area contributed by atoms with Gasteiger partial charge in [0.2, 0.25) is 5.91 Å². The summed E-state index contributed by atoms with van der Waals surface area (Å²) < 4.78 is 38.3. The zero-order valence-corrected chi connectivity index (χ0v) is 20.6. The van der Waals surface area contributed by atoms with Gasteiger partial charge in [0, 0.05) is 47.5 Å². The van der Waals surface area contributed by atoms with Crippen molar-refractivity contribution in [1.29, 1.82) is 5.41 Å². The summed E-state index contributed by atoms with van der Waals surface area (Å²) in [6.45, 7) is 0.566. The van der Waals surface area contributed by atoms with Crippen molar-refractivity contribution in [3.8, 4) is 0 Å². The molecule has 3 N–H and O–H groups in total. The number of alkyl halides is 2. The maximum absolute atomic E-state index is 13.0. The molecule has 1 amide bonds. The van der Waals surface area contributed by atoms with Crippen LogP contribution in [-0.4, -0.2) is 53.4 Å². The van der Waals surface area contributed by atoms with E-state index in [9.17, 15) is 18.1 Å². The first-order valence-electron chi connectivity index (χ1n) is 11.2. The van der Waals surface area contributed by atoms with Crippen molar-refractivity contribution in [2.45, 2.75) is 37.7 Å². The fourth-order valence-electron chi connectivity index (χ4n) is 4.08. The van der Waals surface area contributed by atoms with Gasteiger partial charge in [-0.25, -0.2) is 19.3 Å². The number of halogens is 4. The van der Waals surface area contributed by atoms with Gasteiger partial charge in [0.05, 0.1) is 22.9 Å². The third kappa shape index (κ3) is 6.16. The highest BCUT2D eigenvalue weighted by Gasteiger charge is 2.29. The third-order valence-electron chi connectivity index (χ3n) is 6.02. The molecular formula is C23H24ClF3N6O2S. The van der Waals surface area contributed by atoms with Gasteiger partial charge in [-0.15, -0.1) is 15.8 Å². The molecule has 1 saturated heterocycles. The van der Waals surface area contributed by atoms with Crippen molar-refractivity contribution in [3.05, 3.63) is 62.7 Å². The maximum Gasteiger partial charge on any atom is 0.278 e. The maximum atomic E-state index is 13.0. The van der Waals surface area contributed by atoms with E-state index < -0.39 is 18.0 Å². The average Bonchev–Trinajstić information content (AvgIpc) is 3.56. The first-order chi connectivity index (χ1) is 17.4. The van der Waals surface area contributed by atoms with Crippen LogP contribution in [-0.2, 0) is 9.63 Å². The Morgan fingerprint density at radius 2 is 2.08 bits per heavy atom. The lowest BCUT2D eigenvalue weighted by atomic mass is 9.97. The zero-order chi connectivity index (χ0) is 25.7. The van der Waals surface area contributed by atoms with Gasteiger partial charge in [0.15, 0.2) is 6.10 Å². The normalized spacial score (nSPS) is 18.7. The molecule has 0 radical (unpaired) electrons. The number of carbonyl (C=O) groups is 1.